The Morgan fingerprint density at radius 1 is 0.588 bits per heavy atom. The molecule has 0 aliphatic rings. The van der Waals surface area contributed by atoms with Crippen LogP contribution in [-0.4, -0.2) is 4.98 Å². The summed E-state index contributed by atoms with van der Waals surface area (Å²) in [6.07, 6.45) is 0. The van der Waals surface area contributed by atoms with Crippen molar-refractivity contribution in [2.24, 2.45) is 0 Å². The fourth-order valence-electron chi connectivity index (χ4n) is 1.08. The first-order valence-electron chi connectivity index (χ1n) is 3.82. The maximum absolute atomic E-state index is 8.80. The molecule has 0 fully saturated rings. The molecule has 17 heavy (non-hydrogen) atoms. The third-order valence-electron chi connectivity index (χ3n) is 1.74. The van der Waals surface area contributed by atoms with Crippen molar-refractivity contribution >= 4 is 0 Å². The Morgan fingerprint density at radius 3 is 1.18 bits per heavy atom. The molecule has 0 aliphatic heterocycles. The maximum atomic E-state index is 8.80. The fraction of sp³-hybridized carbons (Fsp3) is 0. The molecule has 7 heteroatoms. The Balaban J connectivity index is 0.00000256. The van der Waals surface area contributed by atoms with E-state index in [1.54, 1.807) is 30.3 Å². The molecule has 0 amide bonds. The van der Waals surface area contributed by atoms with Crippen LogP contribution in [0.2, 0.25) is 0 Å². The average Bonchev–Trinajstić information content (AvgIpc) is 2.35. The number of nitriles is 5. The van der Waals surface area contributed by atoms with Gasteiger partial charge >= 0.3 is 0 Å². The van der Waals surface area contributed by atoms with Gasteiger partial charge in [-0.3, -0.25) is 0 Å². The average molecular weight is 394 g/mol. The molecule has 1 aromatic rings. The zero-order valence-corrected chi connectivity index (χ0v) is 10.6. The largest absolute Gasteiger partial charge is 0.223 e. The molecule has 0 aliphatic carbocycles. The van der Waals surface area contributed by atoms with Gasteiger partial charge < -0.3 is 0 Å². The standard InChI is InChI=1S/C10N6.Os/c11-1-6-7(2-12)9(4-14)16-10(5-15)8(6)3-13;. The Labute approximate surface area is 110 Å². The van der Waals surface area contributed by atoms with Crippen LogP contribution in [0.25, 0.3) is 0 Å². The third kappa shape index (κ3) is 2.25. The Kier molecular flexibility index (Phi) is 4.99. The van der Waals surface area contributed by atoms with E-state index in [-0.39, 0.29) is 47.9 Å². The minimum absolute atomic E-state index is 0. The summed E-state index contributed by atoms with van der Waals surface area (Å²) in [7, 11) is 0. The van der Waals surface area contributed by atoms with Crippen LogP contribution in [0.15, 0.2) is 0 Å². The van der Waals surface area contributed by atoms with Crippen molar-refractivity contribution < 1.29 is 19.8 Å². The number of rotatable bonds is 0. The van der Waals surface area contributed by atoms with Gasteiger partial charge in [0, 0.05) is 19.8 Å². The topological polar surface area (TPSA) is 132 Å². The van der Waals surface area contributed by atoms with E-state index in [2.05, 4.69) is 4.98 Å². The summed E-state index contributed by atoms with van der Waals surface area (Å²) in [5, 5.41) is 43.7. The Hall–Kier alpha value is -2.76. The van der Waals surface area contributed by atoms with Crippen molar-refractivity contribution in [1.82, 2.24) is 4.98 Å². The molecule has 0 saturated heterocycles. The van der Waals surface area contributed by atoms with Crippen molar-refractivity contribution in [3.8, 4) is 30.3 Å². The molecular formula is C10N6Os. The number of nitrogens with zero attached hydrogens (tertiary/aromatic N) is 6. The summed E-state index contributed by atoms with van der Waals surface area (Å²) < 4.78 is 0. The van der Waals surface area contributed by atoms with Gasteiger partial charge in [0.25, 0.3) is 0 Å². The molecular weight excluding hydrogens is 394 g/mol. The van der Waals surface area contributed by atoms with Crippen LogP contribution >= 0.6 is 0 Å². The van der Waals surface area contributed by atoms with Crippen molar-refractivity contribution in [1.29, 1.82) is 26.3 Å². The minimum atomic E-state index is -0.324. The van der Waals surface area contributed by atoms with E-state index in [0.717, 1.165) is 0 Å². The number of aromatic nitrogens is 1. The van der Waals surface area contributed by atoms with E-state index in [4.69, 9.17) is 26.3 Å². The summed E-state index contributed by atoms with van der Waals surface area (Å²) >= 11 is 0. The predicted octanol–water partition coefficient (Wildman–Crippen LogP) is 0.437. The van der Waals surface area contributed by atoms with Crippen LogP contribution in [0.4, 0.5) is 0 Å². The maximum Gasteiger partial charge on any atom is 0.161 e. The second kappa shape index (κ2) is 5.96. The molecule has 0 N–H and O–H groups in total. The van der Waals surface area contributed by atoms with Crippen LogP contribution in [-0.2, 0) is 19.8 Å². The first kappa shape index (κ1) is 14.2. The predicted molar refractivity (Wildman–Crippen MR) is 47.8 cm³/mol. The first-order valence-corrected chi connectivity index (χ1v) is 3.82. The van der Waals surface area contributed by atoms with E-state index in [9.17, 15) is 0 Å². The van der Waals surface area contributed by atoms with Crippen molar-refractivity contribution in [2.45, 2.75) is 0 Å². The molecule has 0 bridgehead atoms. The smallest absolute Gasteiger partial charge is 0.161 e. The molecule has 0 unspecified atom stereocenters. The zero-order valence-electron chi connectivity index (χ0n) is 8.04. The van der Waals surface area contributed by atoms with Gasteiger partial charge in [-0.1, -0.05) is 0 Å². The van der Waals surface area contributed by atoms with Crippen LogP contribution in [0.3, 0.4) is 0 Å². The minimum Gasteiger partial charge on any atom is -0.223 e. The second-order valence-electron chi connectivity index (χ2n) is 2.49. The quantitative estimate of drug-likeness (QED) is 0.627. The summed E-state index contributed by atoms with van der Waals surface area (Å²) in [6.45, 7) is 0. The summed E-state index contributed by atoms with van der Waals surface area (Å²) in [6, 6.07) is 8.08. The van der Waals surface area contributed by atoms with Gasteiger partial charge in [0.15, 0.2) is 11.4 Å². The second-order valence-corrected chi connectivity index (χ2v) is 2.49. The van der Waals surface area contributed by atoms with E-state index in [1.807, 2.05) is 0 Å². The van der Waals surface area contributed by atoms with Crippen LogP contribution in [0.1, 0.15) is 28.1 Å². The number of hydrogen-bond acceptors (Lipinski definition) is 6. The fourth-order valence-corrected chi connectivity index (χ4v) is 1.08. The molecule has 0 saturated carbocycles. The molecule has 0 radical (unpaired) electrons. The first-order chi connectivity index (χ1) is 7.73. The van der Waals surface area contributed by atoms with Gasteiger partial charge in [-0.25, -0.2) is 4.98 Å². The normalized spacial score (nSPS) is 7.24. The van der Waals surface area contributed by atoms with Crippen LogP contribution < -0.4 is 0 Å². The van der Waals surface area contributed by atoms with Gasteiger partial charge in [-0.2, -0.15) is 26.3 Å². The SMILES string of the molecule is N#Cc1nc(C#N)c(C#N)c(C#N)c1C#N.[Os]. The molecule has 1 heterocycles. The summed E-state index contributed by atoms with van der Waals surface area (Å²) in [5.41, 5.74) is -1.49. The summed E-state index contributed by atoms with van der Waals surface area (Å²) in [5.74, 6) is 0. The number of pyridine rings is 1. The van der Waals surface area contributed by atoms with Gasteiger partial charge in [0.1, 0.15) is 41.5 Å². The summed E-state index contributed by atoms with van der Waals surface area (Å²) in [4.78, 5) is 3.54. The van der Waals surface area contributed by atoms with E-state index < -0.39 is 0 Å². The van der Waals surface area contributed by atoms with Crippen LogP contribution in [0.5, 0.6) is 0 Å². The van der Waals surface area contributed by atoms with Gasteiger partial charge in [-0.05, 0) is 0 Å². The van der Waals surface area contributed by atoms with Gasteiger partial charge in [0.2, 0.25) is 0 Å². The van der Waals surface area contributed by atoms with Crippen molar-refractivity contribution in [2.75, 3.05) is 0 Å². The van der Waals surface area contributed by atoms with Gasteiger partial charge in [-0.15, -0.1) is 0 Å². The van der Waals surface area contributed by atoms with Crippen molar-refractivity contribution in [3.63, 3.8) is 0 Å². The Morgan fingerprint density at radius 2 is 0.941 bits per heavy atom. The van der Waals surface area contributed by atoms with Crippen LogP contribution in [0, 0.1) is 56.7 Å². The Bertz CT molecular complexity index is 621. The van der Waals surface area contributed by atoms with E-state index in [0.29, 0.717) is 0 Å². The van der Waals surface area contributed by atoms with E-state index in [1.165, 1.54) is 0 Å². The molecule has 6 nitrogen and oxygen atoms in total. The van der Waals surface area contributed by atoms with Crippen molar-refractivity contribution in [3.05, 3.63) is 28.1 Å². The number of hydrogen-bond donors (Lipinski definition) is 0. The molecule has 1 aromatic heterocycles. The zero-order chi connectivity index (χ0) is 12.1. The van der Waals surface area contributed by atoms with Gasteiger partial charge in [0.05, 0.1) is 5.56 Å². The molecule has 78 valence electrons. The molecule has 0 atom stereocenters. The molecule has 0 spiro atoms. The molecule has 0 aromatic carbocycles. The third-order valence-corrected chi connectivity index (χ3v) is 1.74. The van der Waals surface area contributed by atoms with E-state index >= 15 is 0 Å². The monoisotopic (exact) mass is 396 g/mol. The molecule has 1 rings (SSSR count).